The van der Waals surface area contributed by atoms with Gasteiger partial charge in [0.15, 0.2) is 0 Å². The van der Waals surface area contributed by atoms with Crippen LogP contribution in [0.4, 0.5) is 10.6 Å². The van der Waals surface area contributed by atoms with Crippen LogP contribution in [-0.2, 0) is 22.4 Å². The van der Waals surface area contributed by atoms with E-state index in [2.05, 4.69) is 27.7 Å². The number of urea groups is 1. The zero-order valence-corrected chi connectivity index (χ0v) is 22.9. The normalized spacial score (nSPS) is 14.0. The Morgan fingerprint density at radius 2 is 1.94 bits per heavy atom. The molecule has 1 aliphatic heterocycles. The van der Waals surface area contributed by atoms with Crippen molar-refractivity contribution in [3.8, 4) is 0 Å². The summed E-state index contributed by atoms with van der Waals surface area (Å²) in [6.07, 6.45) is 5.65. The molecule has 204 valence electrons. The van der Waals surface area contributed by atoms with E-state index in [4.69, 9.17) is 9.72 Å². The van der Waals surface area contributed by atoms with Crippen LogP contribution in [-0.4, -0.2) is 89.4 Å². The molecular formula is C27H47N5O4. The summed E-state index contributed by atoms with van der Waals surface area (Å²) >= 11 is 0. The van der Waals surface area contributed by atoms with E-state index in [9.17, 15) is 14.7 Å². The van der Waals surface area contributed by atoms with Crippen molar-refractivity contribution in [2.75, 3.05) is 44.6 Å². The summed E-state index contributed by atoms with van der Waals surface area (Å²) in [6, 6.07) is 3.08. The Kier molecular flexibility index (Phi) is 13.0. The number of nitrogens with zero attached hydrogens (tertiary/aromatic N) is 3. The van der Waals surface area contributed by atoms with E-state index < -0.39 is 12.0 Å². The van der Waals surface area contributed by atoms with Gasteiger partial charge in [0.2, 0.25) is 0 Å². The molecule has 0 aromatic carbocycles. The monoisotopic (exact) mass is 505 g/mol. The zero-order chi connectivity index (χ0) is 26.5. The molecule has 1 aromatic rings. The van der Waals surface area contributed by atoms with Gasteiger partial charge in [0, 0.05) is 37.9 Å². The highest BCUT2D eigenvalue weighted by Gasteiger charge is 2.24. The van der Waals surface area contributed by atoms with Crippen LogP contribution in [0.15, 0.2) is 12.1 Å². The van der Waals surface area contributed by atoms with Crippen molar-refractivity contribution in [3.63, 3.8) is 0 Å². The molecule has 0 radical (unpaired) electrons. The van der Waals surface area contributed by atoms with Gasteiger partial charge < -0.3 is 30.3 Å². The van der Waals surface area contributed by atoms with Gasteiger partial charge in [-0.1, -0.05) is 6.07 Å². The lowest BCUT2D eigenvalue weighted by molar-refractivity contribution is -0.139. The first-order valence-corrected chi connectivity index (χ1v) is 13.6. The van der Waals surface area contributed by atoms with E-state index in [-0.39, 0.29) is 18.2 Å². The number of aliphatic carboxylic acids is 1. The summed E-state index contributed by atoms with van der Waals surface area (Å²) in [6.45, 7) is 14.0. The average molecular weight is 506 g/mol. The number of carboxylic acids is 1. The van der Waals surface area contributed by atoms with Gasteiger partial charge in [0.25, 0.3) is 0 Å². The molecule has 0 saturated heterocycles. The first-order valence-electron chi connectivity index (χ1n) is 13.6. The fourth-order valence-electron chi connectivity index (χ4n) is 4.45. The molecule has 9 nitrogen and oxygen atoms in total. The number of unbranched alkanes of at least 4 members (excludes halogenated alkanes) is 1. The molecule has 0 spiro atoms. The Balaban J connectivity index is 1.87. The molecule has 0 fully saturated rings. The number of carbonyl (C=O) groups is 2. The van der Waals surface area contributed by atoms with Crippen LogP contribution in [0.5, 0.6) is 0 Å². The second kappa shape index (κ2) is 15.7. The number of hydrogen-bond acceptors (Lipinski definition) is 6. The minimum atomic E-state index is -1.01. The maximum Gasteiger partial charge on any atom is 0.326 e. The fourth-order valence-corrected chi connectivity index (χ4v) is 4.45. The Morgan fingerprint density at radius 3 is 2.61 bits per heavy atom. The second-order valence-corrected chi connectivity index (χ2v) is 10.1. The van der Waals surface area contributed by atoms with E-state index in [1.54, 1.807) is 4.90 Å². The first-order chi connectivity index (χ1) is 17.2. The Labute approximate surface area is 217 Å². The molecule has 2 heterocycles. The van der Waals surface area contributed by atoms with Crippen LogP contribution < -0.4 is 10.6 Å². The number of pyridine rings is 1. The molecule has 9 heteroatoms. The Morgan fingerprint density at radius 1 is 1.17 bits per heavy atom. The zero-order valence-electron chi connectivity index (χ0n) is 22.9. The largest absolute Gasteiger partial charge is 0.480 e. The van der Waals surface area contributed by atoms with Gasteiger partial charge in [0.05, 0.1) is 12.7 Å². The van der Waals surface area contributed by atoms with E-state index in [0.717, 1.165) is 63.3 Å². The highest BCUT2D eigenvalue weighted by Crippen LogP contribution is 2.20. The van der Waals surface area contributed by atoms with Gasteiger partial charge in [0.1, 0.15) is 11.9 Å². The highest BCUT2D eigenvalue weighted by atomic mass is 16.5. The predicted octanol–water partition coefficient (Wildman–Crippen LogP) is 3.77. The summed E-state index contributed by atoms with van der Waals surface area (Å²) in [5.41, 5.74) is 2.41. The molecule has 0 bridgehead atoms. The number of nitrogens with one attached hydrogen (secondary N) is 2. The standard InChI is InChI=1S/C27H47N5O4/c1-6-32(20(2)3)27(35)30-24(26(33)34)14-17-31(18-19-36-21(4)5)16-8-7-11-23-13-12-22-10-9-15-28-25(22)29-23/h12-13,20-21,24H,6-11,14-19H2,1-5H3,(H,28,29)(H,30,35)(H,33,34). The summed E-state index contributed by atoms with van der Waals surface area (Å²) < 4.78 is 5.74. The summed E-state index contributed by atoms with van der Waals surface area (Å²) in [7, 11) is 0. The minimum Gasteiger partial charge on any atom is -0.480 e. The van der Waals surface area contributed by atoms with Crippen LogP contribution in [0, 0.1) is 0 Å². The number of rotatable bonds is 16. The number of carboxylic acid groups (broad SMARTS) is 1. The third-order valence-corrected chi connectivity index (χ3v) is 6.52. The summed E-state index contributed by atoms with van der Waals surface area (Å²) in [5, 5.41) is 15.8. The number of hydrogen-bond donors (Lipinski definition) is 3. The van der Waals surface area contributed by atoms with E-state index >= 15 is 0 Å². The summed E-state index contributed by atoms with van der Waals surface area (Å²) in [4.78, 5) is 33.1. The lowest BCUT2D eigenvalue weighted by atomic mass is 10.1. The lowest BCUT2D eigenvalue weighted by Gasteiger charge is -2.28. The number of aromatic nitrogens is 1. The minimum absolute atomic E-state index is 0.00881. The maximum absolute atomic E-state index is 12.6. The highest BCUT2D eigenvalue weighted by molar-refractivity contribution is 5.82. The molecule has 1 aromatic heterocycles. The van der Waals surface area contributed by atoms with Crippen molar-refractivity contribution >= 4 is 17.8 Å². The lowest BCUT2D eigenvalue weighted by Crippen LogP contribution is -2.51. The third-order valence-electron chi connectivity index (χ3n) is 6.52. The van der Waals surface area contributed by atoms with Crippen molar-refractivity contribution in [3.05, 3.63) is 23.4 Å². The number of carbonyl (C=O) groups excluding carboxylic acids is 1. The summed E-state index contributed by atoms with van der Waals surface area (Å²) in [5.74, 6) is 0.0284. The maximum atomic E-state index is 12.6. The molecule has 1 aliphatic rings. The van der Waals surface area contributed by atoms with Gasteiger partial charge in [-0.25, -0.2) is 14.6 Å². The molecule has 0 saturated carbocycles. The first kappa shape index (κ1) is 29.8. The Bertz CT molecular complexity index is 817. The van der Waals surface area contributed by atoms with Crippen molar-refractivity contribution in [2.45, 2.75) is 91.3 Å². The smallest absolute Gasteiger partial charge is 0.326 e. The van der Waals surface area contributed by atoms with Crippen LogP contribution in [0.1, 0.15) is 71.6 Å². The molecule has 1 atom stereocenters. The molecule has 1 unspecified atom stereocenters. The number of anilines is 1. The van der Waals surface area contributed by atoms with Crippen LogP contribution >= 0.6 is 0 Å². The Hall–Kier alpha value is -2.39. The number of ether oxygens (including phenoxy) is 1. The van der Waals surface area contributed by atoms with Crippen molar-refractivity contribution < 1.29 is 19.4 Å². The fraction of sp³-hybridized carbons (Fsp3) is 0.741. The number of aryl methyl sites for hydroxylation is 2. The van der Waals surface area contributed by atoms with Gasteiger partial charge in [-0.15, -0.1) is 0 Å². The van der Waals surface area contributed by atoms with Gasteiger partial charge in [-0.3, -0.25) is 0 Å². The quantitative estimate of drug-likeness (QED) is 0.294. The predicted molar refractivity (Wildman–Crippen MR) is 144 cm³/mol. The molecule has 36 heavy (non-hydrogen) atoms. The molecule has 0 aliphatic carbocycles. The number of amides is 2. The topological polar surface area (TPSA) is 107 Å². The van der Waals surface area contributed by atoms with Crippen LogP contribution in [0.2, 0.25) is 0 Å². The van der Waals surface area contributed by atoms with Crippen molar-refractivity contribution in [1.82, 2.24) is 20.1 Å². The SMILES string of the molecule is CCN(C(=O)NC(CCN(CCCCc1ccc2c(n1)NCCC2)CCOC(C)C)C(=O)O)C(C)C. The average Bonchev–Trinajstić information content (AvgIpc) is 2.83. The van der Waals surface area contributed by atoms with Gasteiger partial charge in [-0.05, 0) is 91.3 Å². The van der Waals surface area contributed by atoms with Crippen LogP contribution in [0.3, 0.4) is 0 Å². The number of fused-ring (bicyclic) bond motifs is 1. The van der Waals surface area contributed by atoms with Crippen LogP contribution in [0.25, 0.3) is 0 Å². The van der Waals surface area contributed by atoms with E-state index in [1.165, 1.54) is 5.56 Å². The molecular weight excluding hydrogens is 458 g/mol. The van der Waals surface area contributed by atoms with Crippen molar-refractivity contribution in [2.24, 2.45) is 0 Å². The van der Waals surface area contributed by atoms with E-state index in [0.29, 0.717) is 26.1 Å². The molecule has 2 rings (SSSR count). The third kappa shape index (κ3) is 10.3. The second-order valence-electron chi connectivity index (χ2n) is 10.1. The molecule has 2 amide bonds. The van der Waals surface area contributed by atoms with Gasteiger partial charge >= 0.3 is 12.0 Å². The van der Waals surface area contributed by atoms with E-state index in [1.807, 2.05) is 34.6 Å². The van der Waals surface area contributed by atoms with Crippen molar-refractivity contribution in [1.29, 1.82) is 0 Å². The van der Waals surface area contributed by atoms with Gasteiger partial charge in [-0.2, -0.15) is 0 Å². The molecule has 3 N–H and O–H groups in total.